The Kier molecular flexibility index (Phi) is 5.22. The molecule has 0 saturated carbocycles. The van der Waals surface area contributed by atoms with Gasteiger partial charge in [0.15, 0.2) is 15.6 Å². The maximum absolute atomic E-state index is 14.3. The van der Waals surface area contributed by atoms with E-state index in [0.717, 1.165) is 0 Å². The van der Waals surface area contributed by atoms with E-state index in [4.69, 9.17) is 11.6 Å². The predicted octanol–water partition coefficient (Wildman–Crippen LogP) is 5.27. The van der Waals surface area contributed by atoms with Crippen molar-refractivity contribution in [1.82, 2.24) is 0 Å². The molecular weight excluding hydrogens is 394 g/mol. The Bertz CT molecular complexity index is 1110. The Morgan fingerprint density at radius 3 is 2.33 bits per heavy atom. The first-order chi connectivity index (χ1) is 12.7. The van der Waals surface area contributed by atoms with Crippen molar-refractivity contribution in [2.75, 3.05) is 0 Å². The number of halogens is 3. The van der Waals surface area contributed by atoms with Gasteiger partial charge >= 0.3 is 0 Å². The number of aromatic hydroxyl groups is 1. The van der Waals surface area contributed by atoms with Crippen LogP contribution in [0.4, 0.5) is 8.78 Å². The van der Waals surface area contributed by atoms with Crippen LogP contribution in [0.25, 0.3) is 11.1 Å². The van der Waals surface area contributed by atoms with Gasteiger partial charge in [0.1, 0.15) is 16.5 Å². The zero-order valence-electron chi connectivity index (χ0n) is 14.2. The van der Waals surface area contributed by atoms with Gasteiger partial charge in [-0.15, -0.1) is 0 Å². The molecule has 0 aliphatic carbocycles. The standard InChI is InChI=1S/C20H15ClF2O3S/c1-12-7-16(21)20(24)19(8-12)27(25,26)11-14-9-15(18(23)10-17(14)22)13-5-3-2-4-6-13/h2-10,24H,11H2,1H3. The van der Waals surface area contributed by atoms with Crippen LogP contribution >= 0.6 is 11.6 Å². The van der Waals surface area contributed by atoms with Gasteiger partial charge in [-0.3, -0.25) is 0 Å². The van der Waals surface area contributed by atoms with Crippen molar-refractivity contribution in [3.63, 3.8) is 0 Å². The van der Waals surface area contributed by atoms with Crippen LogP contribution in [0.2, 0.25) is 5.02 Å². The number of aryl methyl sites for hydroxylation is 1. The minimum Gasteiger partial charge on any atom is -0.505 e. The summed E-state index contributed by atoms with van der Waals surface area (Å²) in [6.07, 6.45) is 0. The molecule has 7 heteroatoms. The first kappa shape index (κ1) is 19.3. The van der Waals surface area contributed by atoms with Crippen molar-refractivity contribution in [3.05, 3.63) is 82.4 Å². The van der Waals surface area contributed by atoms with E-state index in [1.807, 2.05) is 0 Å². The van der Waals surface area contributed by atoms with Crippen LogP contribution < -0.4 is 0 Å². The van der Waals surface area contributed by atoms with Crippen LogP contribution in [0.15, 0.2) is 59.5 Å². The smallest absolute Gasteiger partial charge is 0.186 e. The second-order valence-electron chi connectivity index (χ2n) is 6.14. The first-order valence-corrected chi connectivity index (χ1v) is 9.97. The lowest BCUT2D eigenvalue weighted by Gasteiger charge is -2.12. The third-order valence-corrected chi connectivity index (χ3v) is 6.03. The van der Waals surface area contributed by atoms with E-state index < -0.39 is 37.9 Å². The van der Waals surface area contributed by atoms with Crippen molar-refractivity contribution < 1.29 is 22.3 Å². The molecule has 3 aromatic carbocycles. The molecular formula is C20H15ClF2O3S. The van der Waals surface area contributed by atoms with E-state index in [2.05, 4.69) is 0 Å². The Morgan fingerprint density at radius 2 is 1.67 bits per heavy atom. The average molecular weight is 409 g/mol. The number of sulfone groups is 1. The highest BCUT2D eigenvalue weighted by atomic mass is 35.5. The lowest BCUT2D eigenvalue weighted by Crippen LogP contribution is -2.08. The highest BCUT2D eigenvalue weighted by Gasteiger charge is 2.24. The van der Waals surface area contributed by atoms with E-state index in [0.29, 0.717) is 17.2 Å². The Balaban J connectivity index is 2.08. The maximum Gasteiger partial charge on any atom is 0.186 e. The van der Waals surface area contributed by atoms with Crippen molar-refractivity contribution >= 4 is 21.4 Å². The second-order valence-corrected chi connectivity index (χ2v) is 8.51. The summed E-state index contributed by atoms with van der Waals surface area (Å²) in [6.45, 7) is 1.62. The molecule has 0 amide bonds. The van der Waals surface area contributed by atoms with Crippen LogP contribution in [-0.2, 0) is 15.6 Å². The molecule has 0 saturated heterocycles. The monoisotopic (exact) mass is 408 g/mol. The number of benzene rings is 3. The lowest BCUT2D eigenvalue weighted by atomic mass is 10.0. The molecule has 1 N–H and O–H groups in total. The summed E-state index contributed by atoms with van der Waals surface area (Å²) >= 11 is 5.85. The minimum absolute atomic E-state index is 0.0914. The van der Waals surface area contributed by atoms with Gasteiger partial charge in [0, 0.05) is 17.2 Å². The Morgan fingerprint density at radius 1 is 1.00 bits per heavy atom. The molecule has 0 radical (unpaired) electrons. The van der Waals surface area contributed by atoms with Crippen LogP contribution in [0.3, 0.4) is 0 Å². The fourth-order valence-corrected chi connectivity index (χ4v) is 4.65. The van der Waals surface area contributed by atoms with Gasteiger partial charge in [0.2, 0.25) is 0 Å². The topological polar surface area (TPSA) is 54.4 Å². The SMILES string of the molecule is Cc1cc(Cl)c(O)c(S(=O)(=O)Cc2cc(-c3ccccc3)c(F)cc2F)c1. The van der Waals surface area contributed by atoms with E-state index in [1.165, 1.54) is 18.2 Å². The fourth-order valence-electron chi connectivity index (χ4n) is 2.77. The molecule has 0 heterocycles. The molecule has 0 aromatic heterocycles. The first-order valence-electron chi connectivity index (χ1n) is 7.94. The number of rotatable bonds is 4. The van der Waals surface area contributed by atoms with Crippen LogP contribution in [0, 0.1) is 18.6 Å². The third-order valence-electron chi connectivity index (χ3n) is 4.07. The summed E-state index contributed by atoms with van der Waals surface area (Å²) in [5.41, 5.74) is 0.914. The second kappa shape index (κ2) is 7.29. The molecule has 0 aliphatic rings. The molecule has 3 rings (SSSR count). The largest absolute Gasteiger partial charge is 0.505 e. The summed E-state index contributed by atoms with van der Waals surface area (Å²) < 4.78 is 53.9. The van der Waals surface area contributed by atoms with E-state index in [-0.39, 0.29) is 16.1 Å². The van der Waals surface area contributed by atoms with E-state index in [1.54, 1.807) is 37.3 Å². The van der Waals surface area contributed by atoms with Gasteiger partial charge in [-0.25, -0.2) is 17.2 Å². The van der Waals surface area contributed by atoms with Crippen molar-refractivity contribution in [2.45, 2.75) is 17.6 Å². The fraction of sp³-hybridized carbons (Fsp3) is 0.100. The van der Waals surface area contributed by atoms with Crippen LogP contribution in [-0.4, -0.2) is 13.5 Å². The molecule has 0 spiro atoms. The molecule has 0 aliphatic heterocycles. The molecule has 0 fully saturated rings. The van der Waals surface area contributed by atoms with Gasteiger partial charge in [0.25, 0.3) is 0 Å². The van der Waals surface area contributed by atoms with E-state index >= 15 is 0 Å². The molecule has 27 heavy (non-hydrogen) atoms. The highest BCUT2D eigenvalue weighted by molar-refractivity contribution is 7.90. The lowest BCUT2D eigenvalue weighted by molar-refractivity contribution is 0.458. The summed E-state index contributed by atoms with van der Waals surface area (Å²) in [4.78, 5) is -0.391. The number of phenolic OH excluding ortho intramolecular Hbond substituents is 1. The average Bonchev–Trinajstić information content (AvgIpc) is 2.61. The highest BCUT2D eigenvalue weighted by Crippen LogP contribution is 2.35. The molecule has 140 valence electrons. The quantitative estimate of drug-likeness (QED) is 0.639. The molecule has 3 aromatic rings. The van der Waals surface area contributed by atoms with Crippen LogP contribution in [0.1, 0.15) is 11.1 Å². The summed E-state index contributed by atoms with van der Waals surface area (Å²) in [7, 11) is -4.12. The van der Waals surface area contributed by atoms with Gasteiger partial charge in [-0.1, -0.05) is 41.9 Å². The summed E-state index contributed by atoms with van der Waals surface area (Å²) in [6, 6.07) is 12.9. The zero-order valence-corrected chi connectivity index (χ0v) is 15.8. The van der Waals surface area contributed by atoms with Gasteiger partial charge < -0.3 is 5.11 Å². The van der Waals surface area contributed by atoms with Crippen LogP contribution in [0.5, 0.6) is 5.75 Å². The normalized spacial score (nSPS) is 11.6. The Hall–Kier alpha value is -2.44. The minimum atomic E-state index is -4.12. The van der Waals surface area contributed by atoms with Gasteiger partial charge in [-0.2, -0.15) is 0 Å². The maximum atomic E-state index is 14.3. The summed E-state index contributed by atoms with van der Waals surface area (Å²) in [5, 5.41) is 9.90. The van der Waals surface area contributed by atoms with E-state index in [9.17, 15) is 22.3 Å². The number of hydrogen-bond donors (Lipinski definition) is 1. The van der Waals surface area contributed by atoms with Crippen molar-refractivity contribution in [3.8, 4) is 16.9 Å². The molecule has 0 atom stereocenters. The molecule has 0 bridgehead atoms. The summed E-state index contributed by atoms with van der Waals surface area (Å²) in [5.74, 6) is -3.10. The molecule has 0 unspecified atom stereocenters. The number of hydrogen-bond acceptors (Lipinski definition) is 3. The van der Waals surface area contributed by atoms with Gasteiger partial charge in [0.05, 0.1) is 10.8 Å². The Labute approximate surface area is 160 Å². The molecule has 3 nitrogen and oxygen atoms in total. The number of phenols is 1. The zero-order chi connectivity index (χ0) is 19.8. The third kappa shape index (κ3) is 3.96. The van der Waals surface area contributed by atoms with Gasteiger partial charge in [-0.05, 0) is 36.2 Å². The van der Waals surface area contributed by atoms with Crippen molar-refractivity contribution in [2.24, 2.45) is 0 Å². The predicted molar refractivity (Wildman–Crippen MR) is 101 cm³/mol. The van der Waals surface area contributed by atoms with Crippen molar-refractivity contribution in [1.29, 1.82) is 0 Å².